The highest BCUT2D eigenvalue weighted by molar-refractivity contribution is 6.58. The first-order valence-electron chi connectivity index (χ1n) is 4.75. The highest BCUT2D eigenvalue weighted by Gasteiger charge is 2.14. The van der Waals surface area contributed by atoms with Crippen molar-refractivity contribution in [2.75, 3.05) is 0 Å². The molecule has 0 fully saturated rings. The van der Waals surface area contributed by atoms with Crippen LogP contribution in [-0.4, -0.2) is 26.9 Å². The molecule has 0 aliphatic carbocycles. The number of aryl methyl sites for hydroxylation is 1. The Morgan fingerprint density at radius 3 is 2.75 bits per heavy atom. The summed E-state index contributed by atoms with van der Waals surface area (Å²) in [5, 5.41) is 22.5. The minimum absolute atomic E-state index is 0.331. The lowest BCUT2D eigenvalue weighted by molar-refractivity contribution is 0.426. The maximum atomic E-state index is 8.98. The summed E-state index contributed by atoms with van der Waals surface area (Å²) >= 11 is 6.03. The summed E-state index contributed by atoms with van der Waals surface area (Å²) < 4.78 is 1.52. The second kappa shape index (κ2) is 4.29. The second-order valence-electron chi connectivity index (χ2n) is 3.55. The molecule has 0 saturated heterocycles. The third-order valence-corrected chi connectivity index (χ3v) is 2.57. The summed E-state index contributed by atoms with van der Waals surface area (Å²) in [7, 11) is -1.52. The van der Waals surface area contributed by atoms with Gasteiger partial charge in [0.2, 0.25) is 0 Å². The molecule has 0 radical (unpaired) electrons. The minimum atomic E-state index is -1.52. The Kier molecular flexibility index (Phi) is 3.00. The van der Waals surface area contributed by atoms with E-state index in [0.29, 0.717) is 16.2 Å². The summed E-state index contributed by atoms with van der Waals surface area (Å²) in [5.41, 5.74) is 2.10. The average molecular weight is 236 g/mol. The second-order valence-corrected chi connectivity index (χ2v) is 3.95. The number of nitrogens with zero attached hydrogens (tertiary/aromatic N) is 2. The van der Waals surface area contributed by atoms with Crippen molar-refractivity contribution in [3.8, 4) is 5.69 Å². The summed E-state index contributed by atoms with van der Waals surface area (Å²) in [6.07, 6.45) is 2.93. The Morgan fingerprint density at radius 1 is 1.38 bits per heavy atom. The minimum Gasteiger partial charge on any atom is -0.423 e. The summed E-state index contributed by atoms with van der Waals surface area (Å²) in [4.78, 5) is 0. The van der Waals surface area contributed by atoms with Crippen LogP contribution in [-0.2, 0) is 0 Å². The first kappa shape index (κ1) is 11.2. The molecule has 16 heavy (non-hydrogen) atoms. The molecule has 1 aromatic heterocycles. The van der Waals surface area contributed by atoms with Crippen LogP contribution < -0.4 is 5.46 Å². The van der Waals surface area contributed by atoms with Gasteiger partial charge in [0.1, 0.15) is 0 Å². The molecule has 0 spiro atoms. The van der Waals surface area contributed by atoms with E-state index in [1.54, 1.807) is 6.07 Å². The third kappa shape index (κ3) is 2.11. The van der Waals surface area contributed by atoms with E-state index in [-0.39, 0.29) is 0 Å². The van der Waals surface area contributed by atoms with Crippen LogP contribution in [0.3, 0.4) is 0 Å². The molecule has 0 bridgehead atoms. The van der Waals surface area contributed by atoms with Gasteiger partial charge in [0, 0.05) is 17.9 Å². The molecular weight excluding hydrogens is 226 g/mol. The Morgan fingerprint density at radius 2 is 2.12 bits per heavy atom. The van der Waals surface area contributed by atoms with Crippen LogP contribution in [0.25, 0.3) is 5.69 Å². The largest absolute Gasteiger partial charge is 0.491 e. The molecule has 0 unspecified atom stereocenters. The lowest BCUT2D eigenvalue weighted by Crippen LogP contribution is -2.28. The summed E-state index contributed by atoms with van der Waals surface area (Å²) in [5.74, 6) is 0. The van der Waals surface area contributed by atoms with E-state index in [4.69, 9.17) is 21.6 Å². The number of hydrogen-bond acceptors (Lipinski definition) is 3. The van der Waals surface area contributed by atoms with E-state index < -0.39 is 7.12 Å². The summed E-state index contributed by atoms with van der Waals surface area (Å²) in [6.45, 7) is 1.95. The van der Waals surface area contributed by atoms with Crippen molar-refractivity contribution in [3.05, 3.63) is 41.2 Å². The molecule has 0 aliphatic heterocycles. The molecule has 0 atom stereocenters. The molecule has 2 rings (SSSR count). The first-order valence-corrected chi connectivity index (χ1v) is 5.13. The molecule has 4 nitrogen and oxygen atoms in total. The van der Waals surface area contributed by atoms with Crippen LogP contribution in [0.4, 0.5) is 0 Å². The zero-order chi connectivity index (χ0) is 11.7. The van der Waals surface area contributed by atoms with Gasteiger partial charge in [0.25, 0.3) is 0 Å². The number of halogens is 1. The molecule has 1 heterocycles. The van der Waals surface area contributed by atoms with Crippen molar-refractivity contribution in [1.82, 2.24) is 9.78 Å². The number of aromatic nitrogens is 2. The predicted molar refractivity (Wildman–Crippen MR) is 63.1 cm³/mol. The van der Waals surface area contributed by atoms with Crippen LogP contribution in [0.1, 0.15) is 5.56 Å². The monoisotopic (exact) mass is 236 g/mol. The van der Waals surface area contributed by atoms with Gasteiger partial charge in [-0.25, -0.2) is 4.68 Å². The lowest BCUT2D eigenvalue weighted by atomic mass is 9.83. The average Bonchev–Trinajstić information content (AvgIpc) is 2.70. The van der Waals surface area contributed by atoms with E-state index in [9.17, 15) is 0 Å². The maximum absolute atomic E-state index is 8.98. The molecule has 0 amide bonds. The van der Waals surface area contributed by atoms with Gasteiger partial charge in [-0.2, -0.15) is 5.10 Å². The fourth-order valence-electron chi connectivity index (χ4n) is 1.40. The van der Waals surface area contributed by atoms with Crippen molar-refractivity contribution >= 4 is 24.2 Å². The molecule has 2 aromatic rings. The quantitative estimate of drug-likeness (QED) is 0.747. The zero-order valence-corrected chi connectivity index (χ0v) is 9.39. The van der Waals surface area contributed by atoms with Crippen molar-refractivity contribution in [3.63, 3.8) is 0 Å². The van der Waals surface area contributed by atoms with Gasteiger partial charge in [0.15, 0.2) is 0 Å². The van der Waals surface area contributed by atoms with E-state index in [0.717, 1.165) is 5.56 Å². The van der Waals surface area contributed by atoms with Gasteiger partial charge in [-0.1, -0.05) is 17.7 Å². The normalized spacial score (nSPS) is 10.5. The molecular formula is C10H10BClN2O2. The zero-order valence-electron chi connectivity index (χ0n) is 8.63. The molecule has 0 aliphatic rings. The van der Waals surface area contributed by atoms with E-state index in [2.05, 4.69) is 5.10 Å². The maximum Gasteiger partial charge on any atom is 0.491 e. The van der Waals surface area contributed by atoms with Gasteiger partial charge in [0.05, 0.1) is 10.7 Å². The van der Waals surface area contributed by atoms with E-state index >= 15 is 0 Å². The topological polar surface area (TPSA) is 58.3 Å². The fourth-order valence-corrected chi connectivity index (χ4v) is 1.60. The highest BCUT2D eigenvalue weighted by Crippen LogP contribution is 2.20. The van der Waals surface area contributed by atoms with Gasteiger partial charge < -0.3 is 10.0 Å². The van der Waals surface area contributed by atoms with Crippen molar-refractivity contribution in [1.29, 1.82) is 0 Å². The van der Waals surface area contributed by atoms with Crippen LogP contribution in [0.5, 0.6) is 0 Å². The standard InChI is InChI=1S/C10H10BClN2O2/c1-7-2-3-9(12)10(4-7)14-6-8(5-13-14)11(15)16/h2-6,15-16H,1H3. The fraction of sp³-hybridized carbons (Fsp3) is 0.100. The number of rotatable bonds is 2. The van der Waals surface area contributed by atoms with Gasteiger partial charge in [-0.15, -0.1) is 0 Å². The van der Waals surface area contributed by atoms with Gasteiger partial charge >= 0.3 is 7.12 Å². The highest BCUT2D eigenvalue weighted by atomic mass is 35.5. The van der Waals surface area contributed by atoms with E-state index in [1.807, 2.05) is 19.1 Å². The van der Waals surface area contributed by atoms with Crippen molar-refractivity contribution in [2.45, 2.75) is 6.92 Å². The third-order valence-electron chi connectivity index (χ3n) is 2.25. The predicted octanol–water partition coefficient (Wildman–Crippen LogP) is 0.514. The first-order chi connectivity index (χ1) is 7.58. The number of hydrogen-bond donors (Lipinski definition) is 2. The SMILES string of the molecule is Cc1ccc(Cl)c(-n2cc(B(O)O)cn2)c1. The van der Waals surface area contributed by atoms with Crippen LogP contribution in [0, 0.1) is 6.92 Å². The molecule has 1 aromatic carbocycles. The summed E-state index contributed by atoms with van der Waals surface area (Å²) in [6, 6.07) is 5.56. The lowest BCUT2D eigenvalue weighted by Gasteiger charge is -2.05. The van der Waals surface area contributed by atoms with Crippen LogP contribution >= 0.6 is 11.6 Å². The smallest absolute Gasteiger partial charge is 0.423 e. The number of benzene rings is 1. The van der Waals surface area contributed by atoms with Crippen LogP contribution in [0.15, 0.2) is 30.6 Å². The Balaban J connectivity index is 2.46. The molecule has 0 saturated carbocycles. The van der Waals surface area contributed by atoms with Crippen molar-refractivity contribution in [2.24, 2.45) is 0 Å². The van der Waals surface area contributed by atoms with Crippen LogP contribution in [0.2, 0.25) is 5.02 Å². The molecule has 82 valence electrons. The van der Waals surface area contributed by atoms with Crippen molar-refractivity contribution < 1.29 is 10.0 Å². The van der Waals surface area contributed by atoms with Gasteiger partial charge in [-0.05, 0) is 24.6 Å². The Bertz CT molecular complexity index is 513. The Hall–Kier alpha value is -1.30. The Labute approximate surface area is 98.2 Å². The molecule has 6 heteroatoms. The molecule has 2 N–H and O–H groups in total. The van der Waals surface area contributed by atoms with Gasteiger partial charge in [-0.3, -0.25) is 0 Å². The van der Waals surface area contributed by atoms with E-state index in [1.165, 1.54) is 17.1 Å².